The van der Waals surface area contributed by atoms with Crippen molar-refractivity contribution in [3.63, 3.8) is 0 Å². The predicted octanol–water partition coefficient (Wildman–Crippen LogP) is 1.78. The van der Waals surface area contributed by atoms with E-state index in [1.165, 1.54) is 0 Å². The van der Waals surface area contributed by atoms with Crippen LogP contribution in [0.15, 0.2) is 29.3 Å². The van der Waals surface area contributed by atoms with Gasteiger partial charge in [0.1, 0.15) is 5.75 Å². The Balaban J connectivity index is 1.81. The minimum absolute atomic E-state index is 0.110. The SMILES string of the molecule is COc1ccc(NC(N)=NCC2CN(CC(C)C)CCO2)cc1. The van der Waals surface area contributed by atoms with Gasteiger partial charge >= 0.3 is 0 Å². The van der Waals surface area contributed by atoms with Crippen LogP contribution in [0.2, 0.25) is 0 Å². The van der Waals surface area contributed by atoms with Crippen molar-refractivity contribution in [2.75, 3.05) is 45.2 Å². The van der Waals surface area contributed by atoms with Gasteiger partial charge in [0.2, 0.25) is 0 Å². The molecule has 0 aliphatic carbocycles. The lowest BCUT2D eigenvalue weighted by Gasteiger charge is -2.33. The van der Waals surface area contributed by atoms with E-state index in [9.17, 15) is 0 Å². The van der Waals surface area contributed by atoms with Crippen LogP contribution in [0.5, 0.6) is 5.75 Å². The summed E-state index contributed by atoms with van der Waals surface area (Å²) in [5.41, 5.74) is 6.83. The maximum atomic E-state index is 5.95. The lowest BCUT2D eigenvalue weighted by Crippen LogP contribution is -2.45. The third-order valence-corrected chi connectivity index (χ3v) is 3.67. The molecule has 23 heavy (non-hydrogen) atoms. The number of benzene rings is 1. The predicted molar refractivity (Wildman–Crippen MR) is 94.1 cm³/mol. The van der Waals surface area contributed by atoms with Crippen LogP contribution in [-0.4, -0.2) is 56.9 Å². The minimum Gasteiger partial charge on any atom is -0.497 e. The van der Waals surface area contributed by atoms with E-state index in [2.05, 4.69) is 29.1 Å². The molecular weight excluding hydrogens is 292 g/mol. The van der Waals surface area contributed by atoms with Crippen molar-refractivity contribution in [2.24, 2.45) is 16.6 Å². The summed E-state index contributed by atoms with van der Waals surface area (Å²) in [5, 5.41) is 3.08. The van der Waals surface area contributed by atoms with Crippen LogP contribution in [-0.2, 0) is 4.74 Å². The molecule has 6 nitrogen and oxygen atoms in total. The molecule has 0 aromatic heterocycles. The number of rotatable bonds is 6. The quantitative estimate of drug-likeness (QED) is 0.617. The molecule has 1 aliphatic heterocycles. The third-order valence-electron chi connectivity index (χ3n) is 3.67. The van der Waals surface area contributed by atoms with Crippen LogP contribution in [0, 0.1) is 5.92 Å². The molecule has 3 N–H and O–H groups in total. The molecule has 2 rings (SSSR count). The number of methoxy groups -OCH3 is 1. The number of nitrogens with one attached hydrogen (secondary N) is 1. The van der Waals surface area contributed by atoms with Crippen molar-refractivity contribution in [1.29, 1.82) is 0 Å². The Morgan fingerprint density at radius 1 is 1.43 bits per heavy atom. The second-order valence-electron chi connectivity index (χ2n) is 6.23. The van der Waals surface area contributed by atoms with Gasteiger partial charge in [-0.05, 0) is 30.2 Å². The van der Waals surface area contributed by atoms with Crippen molar-refractivity contribution in [1.82, 2.24) is 4.90 Å². The maximum absolute atomic E-state index is 5.95. The Bertz CT molecular complexity index is 502. The second-order valence-corrected chi connectivity index (χ2v) is 6.23. The fourth-order valence-corrected chi connectivity index (χ4v) is 2.64. The zero-order chi connectivity index (χ0) is 16.7. The summed E-state index contributed by atoms with van der Waals surface area (Å²) in [4.78, 5) is 6.83. The molecule has 0 radical (unpaired) electrons. The first-order valence-electron chi connectivity index (χ1n) is 8.11. The number of nitrogens with zero attached hydrogens (tertiary/aromatic N) is 2. The topological polar surface area (TPSA) is 72.1 Å². The van der Waals surface area contributed by atoms with Crippen molar-refractivity contribution >= 4 is 11.6 Å². The van der Waals surface area contributed by atoms with Gasteiger partial charge in [-0.3, -0.25) is 9.89 Å². The highest BCUT2D eigenvalue weighted by Crippen LogP contribution is 2.14. The van der Waals surface area contributed by atoms with E-state index in [0.717, 1.165) is 37.7 Å². The van der Waals surface area contributed by atoms with Crippen LogP contribution in [0.1, 0.15) is 13.8 Å². The largest absolute Gasteiger partial charge is 0.497 e. The molecule has 6 heteroatoms. The smallest absolute Gasteiger partial charge is 0.193 e. The number of aliphatic imine (C=N–C) groups is 1. The van der Waals surface area contributed by atoms with Crippen LogP contribution in [0.25, 0.3) is 0 Å². The number of nitrogens with two attached hydrogens (primary N) is 1. The van der Waals surface area contributed by atoms with Gasteiger partial charge in [0.15, 0.2) is 5.96 Å². The number of anilines is 1. The number of hydrogen-bond donors (Lipinski definition) is 2. The first-order valence-corrected chi connectivity index (χ1v) is 8.11. The average Bonchev–Trinajstić information content (AvgIpc) is 2.53. The molecule has 1 heterocycles. The molecule has 1 saturated heterocycles. The molecule has 0 amide bonds. The third kappa shape index (κ3) is 6.08. The fraction of sp³-hybridized carbons (Fsp3) is 0.588. The highest BCUT2D eigenvalue weighted by atomic mass is 16.5. The van der Waals surface area contributed by atoms with Gasteiger partial charge in [0.25, 0.3) is 0 Å². The summed E-state index contributed by atoms with van der Waals surface area (Å²) < 4.78 is 10.9. The zero-order valence-electron chi connectivity index (χ0n) is 14.3. The van der Waals surface area contributed by atoms with E-state index in [1.54, 1.807) is 7.11 Å². The summed E-state index contributed by atoms with van der Waals surface area (Å²) in [5.74, 6) is 1.88. The Hall–Kier alpha value is -1.79. The van der Waals surface area contributed by atoms with Gasteiger partial charge in [0, 0.05) is 25.3 Å². The van der Waals surface area contributed by atoms with Crippen molar-refractivity contribution in [3.05, 3.63) is 24.3 Å². The van der Waals surface area contributed by atoms with Crippen LogP contribution >= 0.6 is 0 Å². The van der Waals surface area contributed by atoms with E-state index in [0.29, 0.717) is 18.4 Å². The molecular formula is C17H28N4O2. The molecule has 1 fully saturated rings. The fourth-order valence-electron chi connectivity index (χ4n) is 2.64. The van der Waals surface area contributed by atoms with E-state index >= 15 is 0 Å². The number of ether oxygens (including phenoxy) is 2. The molecule has 0 saturated carbocycles. The van der Waals surface area contributed by atoms with E-state index in [-0.39, 0.29) is 6.10 Å². The Morgan fingerprint density at radius 3 is 2.83 bits per heavy atom. The molecule has 0 bridgehead atoms. The van der Waals surface area contributed by atoms with Gasteiger partial charge in [-0.2, -0.15) is 0 Å². The van der Waals surface area contributed by atoms with Crippen LogP contribution in [0.3, 0.4) is 0 Å². The lowest BCUT2D eigenvalue weighted by atomic mass is 10.2. The Kier molecular flexibility index (Phi) is 6.67. The lowest BCUT2D eigenvalue weighted by molar-refractivity contribution is -0.0261. The van der Waals surface area contributed by atoms with Gasteiger partial charge < -0.3 is 20.5 Å². The van der Waals surface area contributed by atoms with Crippen molar-refractivity contribution in [3.8, 4) is 5.75 Å². The summed E-state index contributed by atoms with van der Waals surface area (Å²) in [6.07, 6.45) is 0.110. The van der Waals surface area contributed by atoms with Crippen LogP contribution < -0.4 is 15.8 Å². The van der Waals surface area contributed by atoms with E-state index in [1.807, 2.05) is 24.3 Å². The first kappa shape index (κ1) is 17.6. The highest BCUT2D eigenvalue weighted by Gasteiger charge is 2.20. The number of guanidine groups is 1. The highest BCUT2D eigenvalue weighted by molar-refractivity contribution is 5.92. The monoisotopic (exact) mass is 320 g/mol. The van der Waals surface area contributed by atoms with Crippen molar-refractivity contribution < 1.29 is 9.47 Å². The molecule has 1 atom stereocenters. The number of morpholine rings is 1. The van der Waals surface area contributed by atoms with Gasteiger partial charge in [-0.1, -0.05) is 13.8 Å². The van der Waals surface area contributed by atoms with Gasteiger partial charge in [-0.25, -0.2) is 0 Å². The standard InChI is InChI=1S/C17H28N4O2/c1-13(2)11-21-8-9-23-16(12-21)10-19-17(18)20-14-4-6-15(22-3)7-5-14/h4-7,13,16H,8-12H2,1-3H3,(H3,18,19,20). The molecule has 1 aromatic rings. The van der Waals surface area contributed by atoms with E-state index < -0.39 is 0 Å². The molecule has 1 aliphatic rings. The second kappa shape index (κ2) is 8.74. The number of hydrogen-bond acceptors (Lipinski definition) is 4. The summed E-state index contributed by atoms with van der Waals surface area (Å²) in [6, 6.07) is 7.57. The Morgan fingerprint density at radius 2 is 2.17 bits per heavy atom. The first-order chi connectivity index (χ1) is 11.1. The van der Waals surface area contributed by atoms with E-state index in [4.69, 9.17) is 15.2 Å². The molecule has 0 spiro atoms. The molecule has 128 valence electrons. The van der Waals surface area contributed by atoms with Gasteiger partial charge in [0.05, 0.1) is 26.4 Å². The molecule has 1 unspecified atom stereocenters. The van der Waals surface area contributed by atoms with Gasteiger partial charge in [-0.15, -0.1) is 0 Å². The Labute approximate surface area is 138 Å². The molecule has 1 aromatic carbocycles. The normalized spacial score (nSPS) is 19.8. The van der Waals surface area contributed by atoms with Crippen molar-refractivity contribution in [2.45, 2.75) is 20.0 Å². The summed E-state index contributed by atoms with van der Waals surface area (Å²) in [7, 11) is 1.64. The summed E-state index contributed by atoms with van der Waals surface area (Å²) >= 11 is 0. The zero-order valence-corrected chi connectivity index (χ0v) is 14.3. The average molecular weight is 320 g/mol. The summed E-state index contributed by atoms with van der Waals surface area (Å²) in [6.45, 7) is 8.82. The van der Waals surface area contributed by atoms with Crippen LogP contribution in [0.4, 0.5) is 5.69 Å². The maximum Gasteiger partial charge on any atom is 0.193 e. The minimum atomic E-state index is 0.110.